The highest BCUT2D eigenvalue weighted by molar-refractivity contribution is 6.06. The van der Waals surface area contributed by atoms with Crippen LogP contribution in [-0.2, 0) is 0 Å². The molecular weight excluding hydrogens is 398 g/mol. The van der Waals surface area contributed by atoms with Crippen molar-refractivity contribution in [2.75, 3.05) is 29.9 Å². The van der Waals surface area contributed by atoms with Crippen LogP contribution in [-0.4, -0.2) is 45.7 Å². The predicted molar refractivity (Wildman–Crippen MR) is 131 cm³/mol. The maximum atomic E-state index is 8.26. The van der Waals surface area contributed by atoms with E-state index in [1.54, 1.807) is 12.3 Å². The Morgan fingerprint density at radius 2 is 1.91 bits per heavy atom. The minimum absolute atomic E-state index is 0.450. The molecule has 0 bridgehead atoms. The normalized spacial score (nSPS) is 16.5. The van der Waals surface area contributed by atoms with E-state index in [1.165, 1.54) is 19.3 Å². The van der Waals surface area contributed by atoms with E-state index in [0.717, 1.165) is 52.9 Å². The summed E-state index contributed by atoms with van der Waals surface area (Å²) in [6, 6.07) is 13.8. The third-order valence-electron chi connectivity index (χ3n) is 5.87. The zero-order chi connectivity index (χ0) is 21.9. The maximum absolute atomic E-state index is 8.26. The molecule has 2 aliphatic rings. The molecule has 2 aliphatic heterocycles. The van der Waals surface area contributed by atoms with Crippen LogP contribution in [0.2, 0.25) is 0 Å². The van der Waals surface area contributed by atoms with Crippen molar-refractivity contribution in [3.05, 3.63) is 72.1 Å². The standard InChI is InChI=1S/C25H27N7/c1-18-14-20(17-28-18)22-15-24-29-23(27-11-10-21(26)19-8-4-2-5-9-19)16-25(32(24)30-22)31-12-6-3-7-13-31/h2,4-5,8-11,14-16,26H,3,6-7,12-13,17H2,1H3,(H,27,29)/b11-10-,26-21?. The Hall–Kier alpha value is -3.74. The summed E-state index contributed by atoms with van der Waals surface area (Å²) in [5.74, 6) is 1.79. The van der Waals surface area contributed by atoms with Gasteiger partial charge in [0.05, 0.1) is 18.0 Å². The quantitative estimate of drug-likeness (QED) is 0.567. The Morgan fingerprint density at radius 3 is 2.66 bits per heavy atom. The number of anilines is 2. The first kappa shape index (κ1) is 20.2. The molecular formula is C25H27N7. The van der Waals surface area contributed by atoms with Gasteiger partial charge in [-0.2, -0.15) is 9.61 Å². The number of nitrogens with one attached hydrogen (secondary N) is 2. The van der Waals surface area contributed by atoms with Crippen LogP contribution in [0.1, 0.15) is 37.4 Å². The Balaban J connectivity index is 1.45. The van der Waals surface area contributed by atoms with Crippen LogP contribution in [0.5, 0.6) is 0 Å². The number of benzene rings is 1. The molecule has 32 heavy (non-hydrogen) atoms. The van der Waals surface area contributed by atoms with Gasteiger partial charge in [0, 0.05) is 42.7 Å². The molecule has 0 atom stereocenters. The predicted octanol–water partition coefficient (Wildman–Crippen LogP) is 4.57. The molecule has 0 radical (unpaired) electrons. The fourth-order valence-electron chi connectivity index (χ4n) is 4.17. The first-order chi connectivity index (χ1) is 15.7. The number of hydrogen-bond donors (Lipinski definition) is 2. The molecule has 2 N–H and O–H groups in total. The van der Waals surface area contributed by atoms with Gasteiger partial charge in [-0.25, -0.2) is 4.98 Å². The van der Waals surface area contributed by atoms with Crippen LogP contribution in [0.25, 0.3) is 11.2 Å². The molecule has 0 spiro atoms. The van der Waals surface area contributed by atoms with Crippen molar-refractivity contribution in [1.29, 1.82) is 5.41 Å². The Bertz CT molecular complexity index is 1230. The van der Waals surface area contributed by atoms with Crippen LogP contribution in [0.3, 0.4) is 0 Å². The molecule has 7 nitrogen and oxygen atoms in total. The van der Waals surface area contributed by atoms with Crippen molar-refractivity contribution < 1.29 is 0 Å². The lowest BCUT2D eigenvalue weighted by molar-refractivity contribution is 0.568. The summed E-state index contributed by atoms with van der Waals surface area (Å²) in [6.45, 7) is 4.73. The first-order valence-electron chi connectivity index (χ1n) is 11.1. The van der Waals surface area contributed by atoms with Gasteiger partial charge in [-0.1, -0.05) is 30.3 Å². The summed E-state index contributed by atoms with van der Waals surface area (Å²) in [4.78, 5) is 11.7. The third-order valence-corrected chi connectivity index (χ3v) is 5.87. The minimum atomic E-state index is 0.450. The monoisotopic (exact) mass is 425 g/mol. The summed E-state index contributed by atoms with van der Waals surface area (Å²) in [7, 11) is 0. The molecule has 3 aromatic rings. The number of allylic oxidation sites excluding steroid dienone is 2. The van der Waals surface area contributed by atoms with E-state index in [0.29, 0.717) is 12.3 Å². The van der Waals surface area contributed by atoms with Gasteiger partial charge in [-0.15, -0.1) is 0 Å². The smallest absolute Gasteiger partial charge is 0.160 e. The molecule has 1 fully saturated rings. The SMILES string of the molecule is CC1=NCC(c2cc3nc(N/C=C\C(=N)c4ccccc4)cc(N4CCCCC4)n3n2)=C1. The maximum Gasteiger partial charge on any atom is 0.160 e. The second-order valence-electron chi connectivity index (χ2n) is 8.23. The lowest BCUT2D eigenvalue weighted by Crippen LogP contribution is -2.31. The molecule has 5 rings (SSSR count). The second kappa shape index (κ2) is 8.78. The van der Waals surface area contributed by atoms with Gasteiger partial charge in [-0.3, -0.25) is 4.99 Å². The third kappa shape index (κ3) is 4.19. The molecule has 162 valence electrons. The molecule has 1 aromatic carbocycles. The first-order valence-corrected chi connectivity index (χ1v) is 11.1. The van der Waals surface area contributed by atoms with Crippen LogP contribution in [0.4, 0.5) is 11.6 Å². The number of rotatable bonds is 6. The van der Waals surface area contributed by atoms with Crippen molar-refractivity contribution >= 4 is 34.3 Å². The van der Waals surface area contributed by atoms with E-state index in [1.807, 2.05) is 47.8 Å². The fraction of sp³-hybridized carbons (Fsp3) is 0.280. The van der Waals surface area contributed by atoms with Crippen LogP contribution < -0.4 is 10.2 Å². The zero-order valence-corrected chi connectivity index (χ0v) is 18.3. The van der Waals surface area contributed by atoms with Gasteiger partial charge in [-0.05, 0) is 43.9 Å². The van der Waals surface area contributed by atoms with Crippen molar-refractivity contribution in [2.24, 2.45) is 4.99 Å². The van der Waals surface area contributed by atoms with Gasteiger partial charge < -0.3 is 15.6 Å². The number of nitrogens with zero attached hydrogens (tertiary/aromatic N) is 5. The number of hydrogen-bond acceptors (Lipinski definition) is 6. The molecule has 0 saturated carbocycles. The number of fused-ring (bicyclic) bond motifs is 1. The Labute approximate surface area is 187 Å². The average Bonchev–Trinajstić information content (AvgIpc) is 3.46. The molecule has 4 heterocycles. The van der Waals surface area contributed by atoms with Crippen LogP contribution >= 0.6 is 0 Å². The summed E-state index contributed by atoms with van der Waals surface area (Å²) >= 11 is 0. The second-order valence-corrected chi connectivity index (χ2v) is 8.23. The topological polar surface area (TPSA) is 81.7 Å². The highest BCUT2D eigenvalue weighted by Gasteiger charge is 2.19. The van der Waals surface area contributed by atoms with Gasteiger partial charge in [0.15, 0.2) is 5.65 Å². The van der Waals surface area contributed by atoms with Crippen LogP contribution in [0, 0.1) is 5.41 Å². The van der Waals surface area contributed by atoms with Crippen LogP contribution in [0.15, 0.2) is 65.8 Å². The summed E-state index contributed by atoms with van der Waals surface area (Å²) in [6.07, 6.45) is 9.28. The molecule has 1 saturated heterocycles. The zero-order valence-electron chi connectivity index (χ0n) is 18.3. The molecule has 0 amide bonds. The van der Waals surface area contributed by atoms with E-state index in [4.69, 9.17) is 15.5 Å². The summed E-state index contributed by atoms with van der Waals surface area (Å²) in [5.41, 5.74) is 5.23. The van der Waals surface area contributed by atoms with Crippen molar-refractivity contribution in [1.82, 2.24) is 14.6 Å². The summed E-state index contributed by atoms with van der Waals surface area (Å²) < 4.78 is 1.95. The highest BCUT2D eigenvalue weighted by atomic mass is 15.4. The number of aliphatic imine (C=N–C) groups is 1. The van der Waals surface area contributed by atoms with Gasteiger partial charge in [0.2, 0.25) is 0 Å². The van der Waals surface area contributed by atoms with E-state index in [9.17, 15) is 0 Å². The van der Waals surface area contributed by atoms with Crippen molar-refractivity contribution in [2.45, 2.75) is 26.2 Å². The van der Waals surface area contributed by atoms with E-state index < -0.39 is 0 Å². The Kier molecular flexibility index (Phi) is 5.54. The molecule has 2 aromatic heterocycles. The lowest BCUT2D eigenvalue weighted by atomic mass is 10.1. The molecule has 0 unspecified atom stereocenters. The van der Waals surface area contributed by atoms with E-state index in [2.05, 4.69) is 27.4 Å². The van der Waals surface area contributed by atoms with E-state index >= 15 is 0 Å². The number of aromatic nitrogens is 3. The fourth-order valence-corrected chi connectivity index (χ4v) is 4.17. The average molecular weight is 426 g/mol. The van der Waals surface area contributed by atoms with Gasteiger partial charge in [0.1, 0.15) is 11.6 Å². The minimum Gasteiger partial charge on any atom is -0.356 e. The van der Waals surface area contributed by atoms with Crippen molar-refractivity contribution in [3.63, 3.8) is 0 Å². The van der Waals surface area contributed by atoms with E-state index in [-0.39, 0.29) is 0 Å². The van der Waals surface area contributed by atoms with Gasteiger partial charge >= 0.3 is 0 Å². The molecule has 0 aliphatic carbocycles. The largest absolute Gasteiger partial charge is 0.356 e. The van der Waals surface area contributed by atoms with Crippen molar-refractivity contribution in [3.8, 4) is 0 Å². The van der Waals surface area contributed by atoms with Gasteiger partial charge in [0.25, 0.3) is 0 Å². The lowest BCUT2D eigenvalue weighted by Gasteiger charge is -2.29. The molecule has 7 heteroatoms. The highest BCUT2D eigenvalue weighted by Crippen LogP contribution is 2.26. The Morgan fingerprint density at radius 1 is 1.09 bits per heavy atom. The summed E-state index contributed by atoms with van der Waals surface area (Å²) in [5, 5.41) is 16.4. The number of piperidine rings is 1.